The monoisotopic (exact) mass is 308 g/mol. The molecule has 0 saturated carbocycles. The van der Waals surface area contributed by atoms with Gasteiger partial charge in [-0.05, 0) is 10.2 Å². The largest absolute Gasteiger partial charge is 0.376 e. The summed E-state index contributed by atoms with van der Waals surface area (Å²) in [6, 6.07) is 0. The molecule has 0 spiro atoms. The smallest absolute Gasteiger partial charge is 0.129 e. The molecular weight excluding hydrogens is 291 g/mol. The van der Waals surface area contributed by atoms with Crippen LogP contribution in [0, 0.1) is 11.5 Å². The fraction of sp³-hybridized carbons (Fsp3) is 0.600. The SMILES string of the molecule is CO[C@@H](/C=C/I)CC#C[Si](C)(C)C. The molecule has 1 atom stereocenters. The fourth-order valence-electron chi connectivity index (χ4n) is 0.728. The number of hydrogen-bond donors (Lipinski definition) is 0. The molecule has 0 rings (SSSR count). The predicted molar refractivity (Wildman–Crippen MR) is 69.7 cm³/mol. The van der Waals surface area contributed by atoms with Gasteiger partial charge in [0.1, 0.15) is 8.07 Å². The first-order chi connectivity index (χ1) is 5.99. The standard InChI is InChI=1S/C10H17IOSi/c1-12-10(7-8-11)6-5-9-13(2,3)4/h7-8,10H,6H2,1-4H3/b8-7+/t10-/m1/s1. The summed E-state index contributed by atoms with van der Waals surface area (Å²) >= 11 is 2.19. The third-order valence-corrected chi connectivity index (χ3v) is 2.70. The highest BCUT2D eigenvalue weighted by Gasteiger charge is 2.07. The van der Waals surface area contributed by atoms with E-state index in [1.165, 1.54) is 0 Å². The third kappa shape index (κ3) is 8.53. The van der Waals surface area contributed by atoms with E-state index in [4.69, 9.17) is 4.74 Å². The maximum absolute atomic E-state index is 5.23. The lowest BCUT2D eigenvalue weighted by Gasteiger charge is -2.07. The number of halogens is 1. The van der Waals surface area contributed by atoms with E-state index in [0.29, 0.717) is 0 Å². The maximum atomic E-state index is 5.23. The first-order valence-corrected chi connectivity index (χ1v) is 9.04. The van der Waals surface area contributed by atoms with Gasteiger partial charge in [-0.1, -0.05) is 42.2 Å². The van der Waals surface area contributed by atoms with Crippen molar-refractivity contribution in [1.82, 2.24) is 0 Å². The van der Waals surface area contributed by atoms with Crippen LogP contribution in [-0.4, -0.2) is 21.3 Å². The average Bonchev–Trinajstić information content (AvgIpc) is 2.01. The Labute approximate surface area is 96.1 Å². The summed E-state index contributed by atoms with van der Waals surface area (Å²) < 4.78 is 7.20. The maximum Gasteiger partial charge on any atom is 0.129 e. The van der Waals surface area contributed by atoms with Crippen LogP contribution in [0.15, 0.2) is 10.2 Å². The summed E-state index contributed by atoms with van der Waals surface area (Å²) in [7, 11) is 0.517. The Balaban J connectivity index is 4.03. The van der Waals surface area contributed by atoms with E-state index >= 15 is 0 Å². The number of rotatable bonds is 3. The van der Waals surface area contributed by atoms with Crippen LogP contribution in [0.1, 0.15) is 6.42 Å². The summed E-state index contributed by atoms with van der Waals surface area (Å²) in [6.07, 6.45) is 2.99. The number of methoxy groups -OCH3 is 1. The van der Waals surface area contributed by atoms with Gasteiger partial charge in [-0.15, -0.1) is 11.5 Å². The van der Waals surface area contributed by atoms with Crippen molar-refractivity contribution < 1.29 is 4.74 Å². The zero-order valence-corrected chi connectivity index (χ0v) is 11.9. The second-order valence-electron chi connectivity index (χ2n) is 3.85. The summed E-state index contributed by atoms with van der Waals surface area (Å²) in [4.78, 5) is 0. The van der Waals surface area contributed by atoms with E-state index in [0.717, 1.165) is 6.42 Å². The molecule has 0 aliphatic rings. The van der Waals surface area contributed by atoms with Crippen LogP contribution in [0.4, 0.5) is 0 Å². The van der Waals surface area contributed by atoms with Crippen molar-refractivity contribution in [1.29, 1.82) is 0 Å². The molecule has 13 heavy (non-hydrogen) atoms. The molecule has 0 aromatic rings. The normalized spacial score (nSPS) is 13.9. The fourth-order valence-corrected chi connectivity index (χ4v) is 1.82. The first kappa shape index (κ1) is 13.2. The topological polar surface area (TPSA) is 9.23 Å². The highest BCUT2D eigenvalue weighted by molar-refractivity contribution is 14.1. The molecule has 0 bridgehead atoms. The molecule has 3 heteroatoms. The van der Waals surface area contributed by atoms with E-state index in [1.807, 2.05) is 10.2 Å². The number of ether oxygens (including phenoxy) is 1. The lowest BCUT2D eigenvalue weighted by Crippen LogP contribution is -2.16. The van der Waals surface area contributed by atoms with Gasteiger partial charge >= 0.3 is 0 Å². The molecule has 0 aliphatic carbocycles. The average molecular weight is 308 g/mol. The second kappa shape index (κ2) is 6.63. The van der Waals surface area contributed by atoms with Crippen molar-refractivity contribution in [3.63, 3.8) is 0 Å². The van der Waals surface area contributed by atoms with Gasteiger partial charge in [0.15, 0.2) is 0 Å². The molecule has 0 amide bonds. The van der Waals surface area contributed by atoms with E-state index in [-0.39, 0.29) is 6.10 Å². The Morgan fingerprint density at radius 1 is 1.46 bits per heavy atom. The van der Waals surface area contributed by atoms with Gasteiger partial charge < -0.3 is 4.74 Å². The van der Waals surface area contributed by atoms with Crippen molar-refractivity contribution in [2.75, 3.05) is 7.11 Å². The lowest BCUT2D eigenvalue weighted by atomic mass is 10.3. The highest BCUT2D eigenvalue weighted by atomic mass is 127. The van der Waals surface area contributed by atoms with Crippen LogP contribution in [-0.2, 0) is 4.74 Å². The molecule has 0 aliphatic heterocycles. The first-order valence-electron chi connectivity index (χ1n) is 4.29. The van der Waals surface area contributed by atoms with Crippen LogP contribution < -0.4 is 0 Å². The van der Waals surface area contributed by atoms with Crippen molar-refractivity contribution in [3.05, 3.63) is 10.2 Å². The van der Waals surface area contributed by atoms with Crippen LogP contribution in [0.3, 0.4) is 0 Å². The van der Waals surface area contributed by atoms with Crippen LogP contribution >= 0.6 is 22.6 Å². The van der Waals surface area contributed by atoms with Gasteiger partial charge in [-0.2, -0.15) is 0 Å². The van der Waals surface area contributed by atoms with Gasteiger partial charge in [0.2, 0.25) is 0 Å². The van der Waals surface area contributed by atoms with Crippen LogP contribution in [0.5, 0.6) is 0 Å². The molecule has 0 fully saturated rings. The highest BCUT2D eigenvalue weighted by Crippen LogP contribution is 2.02. The van der Waals surface area contributed by atoms with Gasteiger partial charge in [-0.25, -0.2) is 0 Å². The minimum atomic E-state index is -1.20. The second-order valence-corrected chi connectivity index (χ2v) is 9.32. The van der Waals surface area contributed by atoms with Crippen molar-refractivity contribution in [2.24, 2.45) is 0 Å². The van der Waals surface area contributed by atoms with Crippen molar-refractivity contribution >= 4 is 30.7 Å². The van der Waals surface area contributed by atoms with Crippen LogP contribution in [0.25, 0.3) is 0 Å². The Morgan fingerprint density at radius 3 is 2.46 bits per heavy atom. The summed E-state index contributed by atoms with van der Waals surface area (Å²) in [5, 5.41) is 0. The van der Waals surface area contributed by atoms with E-state index < -0.39 is 8.07 Å². The van der Waals surface area contributed by atoms with Crippen molar-refractivity contribution in [2.45, 2.75) is 32.2 Å². The van der Waals surface area contributed by atoms with E-state index in [9.17, 15) is 0 Å². The Hall–Kier alpha value is 0.207. The minimum absolute atomic E-state index is 0.153. The van der Waals surface area contributed by atoms with E-state index in [2.05, 4.69) is 53.7 Å². The van der Waals surface area contributed by atoms with Gasteiger partial charge in [0, 0.05) is 13.5 Å². The zero-order valence-electron chi connectivity index (χ0n) is 8.73. The Kier molecular flexibility index (Phi) is 6.74. The molecular formula is C10H17IOSi. The molecule has 0 saturated heterocycles. The molecule has 0 unspecified atom stereocenters. The van der Waals surface area contributed by atoms with Gasteiger partial charge in [0.25, 0.3) is 0 Å². The zero-order chi connectivity index (χ0) is 10.3. The van der Waals surface area contributed by atoms with Gasteiger partial charge in [-0.3, -0.25) is 0 Å². The van der Waals surface area contributed by atoms with E-state index in [1.54, 1.807) is 7.11 Å². The lowest BCUT2D eigenvalue weighted by molar-refractivity contribution is 0.145. The molecule has 0 aromatic heterocycles. The Morgan fingerprint density at radius 2 is 2.08 bits per heavy atom. The molecule has 0 aromatic carbocycles. The molecule has 0 heterocycles. The molecule has 1 nitrogen and oxygen atoms in total. The third-order valence-electron chi connectivity index (χ3n) is 1.36. The predicted octanol–water partition coefficient (Wildman–Crippen LogP) is 3.22. The molecule has 0 N–H and O–H groups in total. The molecule has 0 radical (unpaired) electrons. The Bertz CT molecular complexity index is 219. The quantitative estimate of drug-likeness (QED) is 0.442. The minimum Gasteiger partial charge on any atom is -0.376 e. The summed E-state index contributed by atoms with van der Waals surface area (Å²) in [6.45, 7) is 6.74. The van der Waals surface area contributed by atoms with Crippen molar-refractivity contribution in [3.8, 4) is 11.5 Å². The summed E-state index contributed by atoms with van der Waals surface area (Å²) in [5.41, 5.74) is 3.32. The summed E-state index contributed by atoms with van der Waals surface area (Å²) in [5.74, 6) is 3.19. The number of hydrogen-bond acceptors (Lipinski definition) is 1. The molecule has 74 valence electrons. The van der Waals surface area contributed by atoms with Gasteiger partial charge in [0.05, 0.1) is 6.10 Å². The van der Waals surface area contributed by atoms with Crippen LogP contribution in [0.2, 0.25) is 19.6 Å².